The smallest absolute Gasteiger partial charge is 0.202 e. The summed E-state index contributed by atoms with van der Waals surface area (Å²) in [4.78, 5) is 0. The number of rotatable bonds is 1. The van der Waals surface area contributed by atoms with Gasteiger partial charge in [0, 0.05) is 25.7 Å². The lowest BCUT2D eigenvalue weighted by Gasteiger charge is -2.01. The van der Waals surface area contributed by atoms with Crippen molar-refractivity contribution in [2.45, 2.75) is 26.4 Å². The molecule has 0 radical (unpaired) electrons. The van der Waals surface area contributed by atoms with Crippen molar-refractivity contribution in [2.24, 2.45) is 7.05 Å². The molecule has 1 aliphatic rings. The maximum Gasteiger partial charge on any atom is 0.202 e. The van der Waals surface area contributed by atoms with E-state index in [-0.39, 0.29) is 0 Å². The van der Waals surface area contributed by atoms with Gasteiger partial charge in [0.2, 0.25) is 5.82 Å². The highest BCUT2D eigenvalue weighted by atomic mass is 15.5. The number of aryl methyl sites for hydroxylation is 2. The lowest BCUT2D eigenvalue weighted by Crippen LogP contribution is -2.12. The first-order chi connectivity index (χ1) is 8.27. The summed E-state index contributed by atoms with van der Waals surface area (Å²) in [5, 5.41) is 19.6. The average molecular weight is 233 g/mol. The maximum absolute atomic E-state index is 4.63. The van der Waals surface area contributed by atoms with Crippen LogP contribution in [-0.2, 0) is 20.1 Å². The summed E-state index contributed by atoms with van der Waals surface area (Å²) >= 11 is 0. The van der Waals surface area contributed by atoms with Gasteiger partial charge in [-0.1, -0.05) is 0 Å². The van der Waals surface area contributed by atoms with Crippen LogP contribution in [0.2, 0.25) is 0 Å². The second-order valence-electron chi connectivity index (χ2n) is 4.30. The Morgan fingerprint density at radius 3 is 3.00 bits per heavy atom. The van der Waals surface area contributed by atoms with Crippen LogP contribution >= 0.6 is 0 Å². The maximum atomic E-state index is 4.63. The summed E-state index contributed by atoms with van der Waals surface area (Å²) in [6.45, 7) is 4.94. The monoisotopic (exact) mass is 233 g/mol. The van der Waals surface area contributed by atoms with Crippen LogP contribution in [0.4, 0.5) is 0 Å². The van der Waals surface area contributed by atoms with E-state index in [1.807, 2.05) is 7.05 Å². The van der Waals surface area contributed by atoms with Crippen molar-refractivity contribution in [1.82, 2.24) is 35.3 Å². The summed E-state index contributed by atoms with van der Waals surface area (Å²) in [6, 6.07) is 0. The van der Waals surface area contributed by atoms with Gasteiger partial charge in [-0.2, -0.15) is 5.10 Å². The van der Waals surface area contributed by atoms with Crippen molar-refractivity contribution < 1.29 is 0 Å². The minimum Gasteiger partial charge on any atom is -0.311 e. The molecular formula is C10H15N7. The number of hydrogen-bond donors (Lipinski definition) is 1. The van der Waals surface area contributed by atoms with Gasteiger partial charge in [0.25, 0.3) is 0 Å². The molecule has 2 aromatic rings. The Morgan fingerprint density at radius 2 is 2.24 bits per heavy atom. The van der Waals surface area contributed by atoms with Gasteiger partial charge in [-0.05, 0) is 30.3 Å². The van der Waals surface area contributed by atoms with Crippen molar-refractivity contribution in [3.05, 3.63) is 11.3 Å². The zero-order chi connectivity index (χ0) is 11.8. The molecule has 7 heteroatoms. The minimum atomic E-state index is 0.725. The predicted octanol–water partition coefficient (Wildman–Crippen LogP) is -0.125. The normalized spacial score (nSPS) is 15.6. The average Bonchev–Trinajstić information content (AvgIpc) is 2.76. The van der Waals surface area contributed by atoms with Gasteiger partial charge >= 0.3 is 0 Å². The summed E-state index contributed by atoms with van der Waals surface area (Å²) in [7, 11) is 1.83. The first kappa shape index (κ1) is 10.4. The Morgan fingerprint density at radius 1 is 1.35 bits per heavy atom. The molecule has 0 bridgehead atoms. The van der Waals surface area contributed by atoms with Gasteiger partial charge in [0.05, 0.1) is 5.69 Å². The van der Waals surface area contributed by atoms with Crippen LogP contribution in [0.1, 0.15) is 17.7 Å². The number of nitrogens with zero attached hydrogens (tertiary/aromatic N) is 6. The fourth-order valence-electron chi connectivity index (χ4n) is 2.20. The molecule has 0 aromatic carbocycles. The number of hydrogen-bond acceptors (Lipinski definition) is 5. The van der Waals surface area contributed by atoms with Gasteiger partial charge < -0.3 is 5.32 Å². The summed E-state index contributed by atoms with van der Waals surface area (Å²) < 4.78 is 3.72. The van der Waals surface area contributed by atoms with E-state index in [2.05, 4.69) is 37.5 Å². The predicted molar refractivity (Wildman–Crippen MR) is 61.1 cm³/mol. The van der Waals surface area contributed by atoms with Crippen LogP contribution < -0.4 is 5.32 Å². The molecule has 90 valence electrons. The van der Waals surface area contributed by atoms with Crippen molar-refractivity contribution in [3.63, 3.8) is 0 Å². The quantitative estimate of drug-likeness (QED) is 0.743. The fraction of sp³-hybridized carbons (Fsp3) is 0.600. The van der Waals surface area contributed by atoms with Crippen molar-refractivity contribution in [2.75, 3.05) is 6.54 Å². The van der Waals surface area contributed by atoms with E-state index in [1.54, 1.807) is 4.68 Å². The summed E-state index contributed by atoms with van der Waals surface area (Å²) in [5.74, 6) is 0.725. The molecule has 0 aliphatic carbocycles. The third kappa shape index (κ3) is 1.62. The van der Waals surface area contributed by atoms with Gasteiger partial charge in [-0.3, -0.25) is 4.68 Å². The zero-order valence-electron chi connectivity index (χ0n) is 10.0. The molecule has 0 saturated heterocycles. The van der Waals surface area contributed by atoms with Crippen molar-refractivity contribution in [3.8, 4) is 11.5 Å². The molecule has 17 heavy (non-hydrogen) atoms. The minimum absolute atomic E-state index is 0.725. The Kier molecular flexibility index (Phi) is 2.40. The van der Waals surface area contributed by atoms with Crippen LogP contribution in [0.25, 0.3) is 11.5 Å². The van der Waals surface area contributed by atoms with E-state index in [4.69, 9.17) is 0 Å². The summed E-state index contributed by atoms with van der Waals surface area (Å²) in [6.07, 6.45) is 1.10. The zero-order valence-corrected chi connectivity index (χ0v) is 10.0. The lowest BCUT2D eigenvalue weighted by atomic mass is 10.2. The van der Waals surface area contributed by atoms with E-state index < -0.39 is 0 Å². The highest BCUT2D eigenvalue weighted by Gasteiger charge is 2.20. The van der Waals surface area contributed by atoms with Crippen LogP contribution in [0.5, 0.6) is 0 Å². The highest BCUT2D eigenvalue weighted by molar-refractivity contribution is 5.55. The molecule has 1 aliphatic heterocycles. The number of tetrazole rings is 1. The molecule has 0 unspecified atom stereocenters. The molecule has 0 atom stereocenters. The van der Waals surface area contributed by atoms with E-state index >= 15 is 0 Å². The van der Waals surface area contributed by atoms with Crippen LogP contribution in [0, 0.1) is 6.92 Å². The second kappa shape index (κ2) is 3.92. The Labute approximate surface area is 98.8 Å². The van der Waals surface area contributed by atoms with Gasteiger partial charge in [0.15, 0.2) is 0 Å². The number of fused-ring (bicyclic) bond motifs is 1. The molecular weight excluding hydrogens is 218 g/mol. The highest BCUT2D eigenvalue weighted by Crippen LogP contribution is 2.23. The summed E-state index contributed by atoms with van der Waals surface area (Å²) in [5.41, 5.74) is 3.29. The Bertz CT molecular complexity index is 539. The van der Waals surface area contributed by atoms with E-state index in [9.17, 15) is 0 Å². The number of aromatic nitrogens is 6. The van der Waals surface area contributed by atoms with Crippen molar-refractivity contribution >= 4 is 0 Å². The molecule has 3 rings (SSSR count). The largest absolute Gasteiger partial charge is 0.311 e. The first-order valence-corrected chi connectivity index (χ1v) is 5.77. The molecule has 2 aromatic heterocycles. The third-order valence-electron chi connectivity index (χ3n) is 3.17. The van der Waals surface area contributed by atoms with Gasteiger partial charge in [0.1, 0.15) is 5.69 Å². The SMILES string of the molecule is Cc1c(-c2nnnn2C)nn2c1CNCCC2. The van der Waals surface area contributed by atoms with E-state index in [1.165, 1.54) is 5.69 Å². The molecule has 7 nitrogen and oxygen atoms in total. The van der Waals surface area contributed by atoms with Crippen molar-refractivity contribution in [1.29, 1.82) is 0 Å². The molecule has 3 heterocycles. The lowest BCUT2D eigenvalue weighted by molar-refractivity contribution is 0.587. The molecule has 0 amide bonds. The van der Waals surface area contributed by atoms with Gasteiger partial charge in [-0.15, -0.1) is 5.10 Å². The molecule has 0 spiro atoms. The van der Waals surface area contributed by atoms with E-state index in [0.717, 1.165) is 43.1 Å². The molecule has 0 saturated carbocycles. The molecule has 1 N–H and O–H groups in total. The topological polar surface area (TPSA) is 73.5 Å². The number of nitrogens with one attached hydrogen (secondary N) is 1. The molecule has 0 fully saturated rings. The Hall–Kier alpha value is -1.76. The van der Waals surface area contributed by atoms with Crippen LogP contribution in [0.15, 0.2) is 0 Å². The van der Waals surface area contributed by atoms with Crippen LogP contribution in [0.3, 0.4) is 0 Å². The van der Waals surface area contributed by atoms with Crippen LogP contribution in [-0.4, -0.2) is 36.5 Å². The van der Waals surface area contributed by atoms with Gasteiger partial charge in [-0.25, -0.2) is 4.68 Å². The Balaban J connectivity index is 2.11. The van der Waals surface area contributed by atoms with E-state index in [0.29, 0.717) is 0 Å². The standard InChI is InChI=1S/C10H15N7/c1-7-8-6-11-4-3-5-17(8)13-9(7)10-12-14-15-16(10)2/h11H,3-6H2,1-2H3. The third-order valence-corrected chi connectivity index (χ3v) is 3.17. The first-order valence-electron chi connectivity index (χ1n) is 5.77. The second-order valence-corrected chi connectivity index (χ2v) is 4.30. The fourth-order valence-corrected chi connectivity index (χ4v) is 2.20.